The van der Waals surface area contributed by atoms with Crippen LogP contribution in [0.1, 0.15) is 197 Å². The van der Waals surface area contributed by atoms with Gasteiger partial charge in [-0.2, -0.15) is 0 Å². The molecule has 2 N–H and O–H groups in total. The van der Waals surface area contributed by atoms with Crippen molar-refractivity contribution < 1.29 is 38.9 Å². The molecule has 0 saturated heterocycles. The van der Waals surface area contributed by atoms with Gasteiger partial charge in [-0.05, 0) is 82.2 Å². The smallest absolute Gasteiger partial charge is 0.306 e. The minimum absolute atomic E-state index is 0.0862. The lowest BCUT2D eigenvalue weighted by atomic mass is 9.88. The summed E-state index contributed by atoms with van der Waals surface area (Å²) in [5.74, 6) is -2.71. The Hall–Kier alpha value is -2.94. The highest BCUT2D eigenvalue weighted by atomic mass is 16.5. The predicted octanol–water partition coefficient (Wildman–Crippen LogP) is 11.5. The molecule has 0 heterocycles. The first-order valence-corrected chi connectivity index (χ1v) is 22.6. The monoisotopic (exact) mass is 788 g/mol. The number of hydrogen-bond donors (Lipinski definition) is 2. The molecule has 322 valence electrons. The zero-order valence-corrected chi connectivity index (χ0v) is 36.1. The van der Waals surface area contributed by atoms with E-state index in [-0.39, 0.29) is 11.9 Å². The molecule has 9 nitrogen and oxygen atoms in total. The number of esters is 2. The van der Waals surface area contributed by atoms with Crippen LogP contribution in [0.2, 0.25) is 0 Å². The zero-order valence-electron chi connectivity index (χ0n) is 36.1. The molecule has 2 atom stereocenters. The second-order valence-electron chi connectivity index (χ2n) is 16.5. The number of unbranched alkanes of at least 4 members (excludes halogenated alkanes) is 18. The molecule has 1 aromatic carbocycles. The van der Waals surface area contributed by atoms with E-state index in [9.17, 15) is 29.4 Å². The SMILES string of the molecule is CCCCCCCC(=O)OCCCCCCCCC(Cc1cc(CC(CCCCCCCCOC(=O)CCCCCCC)C(=O)O)cc(CN(C)C)c1)C(=O)O. The average molecular weight is 788 g/mol. The summed E-state index contributed by atoms with van der Waals surface area (Å²) in [5.41, 5.74) is 3.00. The fourth-order valence-corrected chi connectivity index (χ4v) is 7.39. The molecule has 0 fully saturated rings. The highest BCUT2D eigenvalue weighted by Gasteiger charge is 2.21. The third-order valence-corrected chi connectivity index (χ3v) is 10.7. The summed E-state index contributed by atoms with van der Waals surface area (Å²) in [5, 5.41) is 20.2. The highest BCUT2D eigenvalue weighted by Crippen LogP contribution is 2.24. The third-order valence-electron chi connectivity index (χ3n) is 10.7. The van der Waals surface area contributed by atoms with Crippen molar-refractivity contribution in [3.05, 3.63) is 34.9 Å². The quantitative estimate of drug-likeness (QED) is 0.0497. The second-order valence-corrected chi connectivity index (χ2v) is 16.5. The molecule has 1 aromatic rings. The van der Waals surface area contributed by atoms with Crippen LogP contribution in [0.5, 0.6) is 0 Å². The Bertz CT molecular complexity index is 1100. The molecular weight excluding hydrogens is 707 g/mol. The van der Waals surface area contributed by atoms with Crippen LogP contribution in [0, 0.1) is 11.8 Å². The molecule has 0 bridgehead atoms. The first kappa shape index (κ1) is 51.1. The molecule has 0 aliphatic heterocycles. The molecule has 2 unspecified atom stereocenters. The van der Waals surface area contributed by atoms with Gasteiger partial charge in [0.1, 0.15) is 0 Å². The molecule has 0 aliphatic carbocycles. The molecule has 9 heteroatoms. The lowest BCUT2D eigenvalue weighted by Gasteiger charge is -2.18. The predicted molar refractivity (Wildman–Crippen MR) is 227 cm³/mol. The van der Waals surface area contributed by atoms with Crippen molar-refractivity contribution in [3.63, 3.8) is 0 Å². The Morgan fingerprint density at radius 1 is 0.500 bits per heavy atom. The Morgan fingerprint density at radius 2 is 0.839 bits per heavy atom. The lowest BCUT2D eigenvalue weighted by Crippen LogP contribution is -2.19. The van der Waals surface area contributed by atoms with Gasteiger partial charge in [0.2, 0.25) is 0 Å². The fraction of sp³-hybridized carbons (Fsp3) is 0.787. The van der Waals surface area contributed by atoms with Gasteiger partial charge >= 0.3 is 23.9 Å². The van der Waals surface area contributed by atoms with E-state index in [1.165, 1.54) is 38.5 Å². The van der Waals surface area contributed by atoms with Crippen molar-refractivity contribution in [3.8, 4) is 0 Å². The lowest BCUT2D eigenvalue weighted by molar-refractivity contribution is -0.144. The standard InChI is InChI=1S/C47H81NO8/c1-5-7-9-15-23-29-44(49)55-31-25-19-13-11-17-21-27-42(46(51)52)36-39-33-40(35-41(34-39)38-48(3)4)37-43(47(53)54)28-22-18-12-14-20-26-32-56-45(50)30-24-16-10-8-6-2/h33-35,42-43H,5-32,36-38H2,1-4H3,(H,51,52)(H,53,54). The number of ether oxygens (including phenoxy) is 2. The number of rotatable bonds is 38. The second kappa shape index (κ2) is 34.1. The molecular formula is C47H81NO8. The van der Waals surface area contributed by atoms with Gasteiger partial charge in [0.25, 0.3) is 0 Å². The molecule has 0 amide bonds. The van der Waals surface area contributed by atoms with E-state index >= 15 is 0 Å². The Kier molecular flexibility index (Phi) is 31.1. The first-order valence-electron chi connectivity index (χ1n) is 22.6. The van der Waals surface area contributed by atoms with Gasteiger partial charge in [0.05, 0.1) is 25.0 Å². The number of nitrogens with zero attached hydrogens (tertiary/aromatic N) is 1. The van der Waals surface area contributed by atoms with E-state index in [1.54, 1.807) is 0 Å². The van der Waals surface area contributed by atoms with Gasteiger partial charge in [-0.25, -0.2) is 0 Å². The van der Waals surface area contributed by atoms with E-state index in [1.807, 2.05) is 20.2 Å². The topological polar surface area (TPSA) is 130 Å². The number of hydrogen-bond acceptors (Lipinski definition) is 7. The van der Waals surface area contributed by atoms with Crippen LogP contribution in [0.3, 0.4) is 0 Å². The van der Waals surface area contributed by atoms with Crippen molar-refractivity contribution in [1.29, 1.82) is 0 Å². The van der Waals surface area contributed by atoms with E-state index in [2.05, 4.69) is 30.9 Å². The van der Waals surface area contributed by atoms with E-state index < -0.39 is 23.8 Å². The molecule has 0 aromatic heterocycles. The van der Waals surface area contributed by atoms with Crippen molar-refractivity contribution >= 4 is 23.9 Å². The van der Waals surface area contributed by atoms with Gasteiger partial charge in [-0.15, -0.1) is 0 Å². The normalized spacial score (nSPS) is 12.4. The van der Waals surface area contributed by atoms with Crippen molar-refractivity contribution in [2.75, 3.05) is 27.3 Å². The minimum atomic E-state index is -0.783. The van der Waals surface area contributed by atoms with Crippen LogP contribution in [0.4, 0.5) is 0 Å². The van der Waals surface area contributed by atoms with Crippen LogP contribution in [0.25, 0.3) is 0 Å². The largest absolute Gasteiger partial charge is 0.481 e. The molecule has 0 radical (unpaired) electrons. The summed E-state index contributed by atoms with van der Waals surface area (Å²) >= 11 is 0. The number of carbonyl (C=O) groups excluding carboxylic acids is 2. The summed E-state index contributed by atoms with van der Waals surface area (Å²) in [4.78, 5) is 50.5. The summed E-state index contributed by atoms with van der Waals surface area (Å²) in [6, 6.07) is 6.21. The maximum atomic E-state index is 12.3. The van der Waals surface area contributed by atoms with Crippen LogP contribution in [-0.4, -0.2) is 66.3 Å². The number of carboxylic acid groups (broad SMARTS) is 2. The van der Waals surface area contributed by atoms with E-state index in [0.717, 1.165) is 119 Å². The minimum Gasteiger partial charge on any atom is -0.481 e. The molecule has 0 spiro atoms. The highest BCUT2D eigenvalue weighted by molar-refractivity contribution is 5.71. The summed E-state index contributed by atoms with van der Waals surface area (Å²) in [7, 11) is 4.00. The summed E-state index contributed by atoms with van der Waals surface area (Å²) in [6.07, 6.45) is 25.9. The van der Waals surface area contributed by atoms with Crippen LogP contribution in [-0.2, 0) is 48.0 Å². The number of benzene rings is 1. The maximum absolute atomic E-state index is 12.3. The average Bonchev–Trinajstić information content (AvgIpc) is 3.14. The third kappa shape index (κ3) is 28.5. The first-order chi connectivity index (χ1) is 27.0. The van der Waals surface area contributed by atoms with Gasteiger partial charge < -0.3 is 24.6 Å². The van der Waals surface area contributed by atoms with E-state index in [4.69, 9.17) is 9.47 Å². The van der Waals surface area contributed by atoms with Crippen LogP contribution in [0.15, 0.2) is 18.2 Å². The molecule has 1 rings (SSSR count). The van der Waals surface area contributed by atoms with Gasteiger partial charge in [-0.3, -0.25) is 19.2 Å². The van der Waals surface area contributed by atoms with Gasteiger partial charge in [-0.1, -0.05) is 148 Å². The molecule has 56 heavy (non-hydrogen) atoms. The van der Waals surface area contributed by atoms with Crippen LogP contribution >= 0.6 is 0 Å². The zero-order chi connectivity index (χ0) is 41.2. The van der Waals surface area contributed by atoms with E-state index in [0.29, 0.717) is 58.3 Å². The number of carboxylic acids is 2. The Balaban J connectivity index is 2.46. The Labute approximate surface area is 341 Å². The maximum Gasteiger partial charge on any atom is 0.306 e. The number of aliphatic carboxylic acids is 2. The van der Waals surface area contributed by atoms with Crippen LogP contribution < -0.4 is 0 Å². The van der Waals surface area contributed by atoms with Gasteiger partial charge in [0, 0.05) is 19.4 Å². The summed E-state index contributed by atoms with van der Waals surface area (Å²) in [6.45, 7) is 6.03. The Morgan fingerprint density at radius 3 is 1.21 bits per heavy atom. The molecule has 0 saturated carbocycles. The number of carbonyl (C=O) groups is 4. The van der Waals surface area contributed by atoms with Crippen molar-refractivity contribution in [2.45, 2.75) is 200 Å². The van der Waals surface area contributed by atoms with Gasteiger partial charge in [0.15, 0.2) is 0 Å². The molecule has 0 aliphatic rings. The fourth-order valence-electron chi connectivity index (χ4n) is 7.39. The van der Waals surface area contributed by atoms with Crippen molar-refractivity contribution in [2.24, 2.45) is 11.8 Å². The van der Waals surface area contributed by atoms with Crippen molar-refractivity contribution in [1.82, 2.24) is 4.90 Å². The summed E-state index contributed by atoms with van der Waals surface area (Å²) < 4.78 is 10.7.